The topological polar surface area (TPSA) is 75.8 Å². The van der Waals surface area contributed by atoms with E-state index in [4.69, 9.17) is 10.5 Å². The first-order valence-electron chi connectivity index (χ1n) is 5.77. The van der Waals surface area contributed by atoms with Gasteiger partial charge >= 0.3 is 0 Å². The molecule has 0 aliphatic carbocycles. The van der Waals surface area contributed by atoms with Crippen LogP contribution in [0.4, 0.5) is 0 Å². The summed E-state index contributed by atoms with van der Waals surface area (Å²) in [4.78, 5) is 13.7. The molecule has 0 bridgehead atoms. The van der Waals surface area contributed by atoms with Crippen molar-refractivity contribution in [3.8, 4) is 0 Å². The highest BCUT2D eigenvalue weighted by Crippen LogP contribution is 2.24. The van der Waals surface area contributed by atoms with Crippen molar-refractivity contribution >= 4 is 5.91 Å². The first-order valence-corrected chi connectivity index (χ1v) is 5.77. The van der Waals surface area contributed by atoms with Crippen LogP contribution in [-0.4, -0.2) is 54.9 Å². The summed E-state index contributed by atoms with van der Waals surface area (Å²) >= 11 is 0. The Morgan fingerprint density at radius 3 is 2.94 bits per heavy atom. The molecule has 0 spiro atoms. The van der Waals surface area contributed by atoms with Gasteiger partial charge in [-0.1, -0.05) is 6.92 Å². The Bertz CT molecular complexity index is 235. The fraction of sp³-hybridized carbons (Fsp3) is 0.909. The lowest BCUT2D eigenvalue weighted by molar-refractivity contribution is -0.134. The van der Waals surface area contributed by atoms with Crippen molar-refractivity contribution in [1.29, 1.82) is 0 Å². The number of likely N-dealkylation sites (tertiary alicyclic amines) is 1. The Morgan fingerprint density at radius 2 is 2.38 bits per heavy atom. The highest BCUT2D eigenvalue weighted by molar-refractivity contribution is 5.82. The Morgan fingerprint density at radius 1 is 1.69 bits per heavy atom. The van der Waals surface area contributed by atoms with E-state index in [1.54, 1.807) is 12.0 Å². The molecular weight excluding hydrogens is 208 g/mol. The normalized spacial score (nSPS) is 27.1. The van der Waals surface area contributed by atoms with Crippen LogP contribution in [0.15, 0.2) is 0 Å². The maximum Gasteiger partial charge on any atom is 0.239 e. The van der Waals surface area contributed by atoms with E-state index in [-0.39, 0.29) is 18.6 Å². The lowest BCUT2D eigenvalue weighted by Gasteiger charge is -2.27. The molecule has 0 aromatic carbocycles. The summed E-state index contributed by atoms with van der Waals surface area (Å²) in [5, 5.41) is 9.25. The zero-order chi connectivity index (χ0) is 12.1. The fourth-order valence-electron chi connectivity index (χ4n) is 2.14. The van der Waals surface area contributed by atoms with Gasteiger partial charge in [-0.05, 0) is 18.8 Å². The van der Waals surface area contributed by atoms with Crippen molar-refractivity contribution in [2.75, 3.05) is 26.9 Å². The van der Waals surface area contributed by atoms with E-state index in [0.717, 1.165) is 6.42 Å². The molecule has 0 radical (unpaired) electrons. The summed E-state index contributed by atoms with van der Waals surface area (Å²) in [7, 11) is 1.59. The SMILES string of the molecule is COCCC(N)C(=O)N1CCC(C)C1CO. The molecule has 1 fully saturated rings. The van der Waals surface area contributed by atoms with Gasteiger partial charge in [0.25, 0.3) is 0 Å². The smallest absolute Gasteiger partial charge is 0.239 e. The van der Waals surface area contributed by atoms with Crippen LogP contribution >= 0.6 is 0 Å². The summed E-state index contributed by atoms with van der Waals surface area (Å²) < 4.78 is 4.90. The van der Waals surface area contributed by atoms with Gasteiger partial charge in [-0.15, -0.1) is 0 Å². The van der Waals surface area contributed by atoms with E-state index in [9.17, 15) is 9.90 Å². The molecule has 5 heteroatoms. The summed E-state index contributed by atoms with van der Waals surface area (Å²) in [5.41, 5.74) is 5.79. The van der Waals surface area contributed by atoms with Crippen LogP contribution in [0.25, 0.3) is 0 Å². The molecule has 0 aromatic rings. The number of methoxy groups -OCH3 is 1. The molecule has 0 aromatic heterocycles. The Kier molecular flexibility index (Phi) is 5.18. The van der Waals surface area contributed by atoms with Gasteiger partial charge in [0, 0.05) is 20.3 Å². The first-order chi connectivity index (χ1) is 7.61. The van der Waals surface area contributed by atoms with Crippen LogP contribution in [0.3, 0.4) is 0 Å². The van der Waals surface area contributed by atoms with Crippen molar-refractivity contribution in [3.63, 3.8) is 0 Å². The van der Waals surface area contributed by atoms with E-state index in [1.807, 2.05) is 0 Å². The van der Waals surface area contributed by atoms with Crippen LogP contribution in [0, 0.1) is 5.92 Å². The number of amides is 1. The highest BCUT2D eigenvalue weighted by atomic mass is 16.5. The molecule has 1 heterocycles. The molecule has 1 aliphatic heterocycles. The number of ether oxygens (including phenoxy) is 1. The van der Waals surface area contributed by atoms with Gasteiger partial charge in [-0.3, -0.25) is 4.79 Å². The minimum absolute atomic E-state index is 0.0178. The second kappa shape index (κ2) is 6.18. The zero-order valence-corrected chi connectivity index (χ0v) is 10.1. The third-order valence-electron chi connectivity index (χ3n) is 3.30. The predicted molar refractivity (Wildman–Crippen MR) is 60.8 cm³/mol. The Balaban J connectivity index is 2.52. The van der Waals surface area contributed by atoms with Gasteiger partial charge in [-0.25, -0.2) is 0 Å². The largest absolute Gasteiger partial charge is 0.394 e. The Hall–Kier alpha value is -0.650. The van der Waals surface area contributed by atoms with E-state index < -0.39 is 6.04 Å². The minimum atomic E-state index is -0.515. The second-order valence-corrected chi connectivity index (χ2v) is 4.44. The summed E-state index contributed by atoms with van der Waals surface area (Å²) in [6.45, 7) is 3.25. The number of rotatable bonds is 5. The number of aliphatic hydroxyl groups is 1. The number of nitrogens with zero attached hydrogens (tertiary/aromatic N) is 1. The van der Waals surface area contributed by atoms with Crippen LogP contribution in [-0.2, 0) is 9.53 Å². The first kappa shape index (κ1) is 13.4. The van der Waals surface area contributed by atoms with Gasteiger partial charge < -0.3 is 20.5 Å². The molecule has 3 atom stereocenters. The number of hydrogen-bond acceptors (Lipinski definition) is 4. The highest BCUT2D eigenvalue weighted by Gasteiger charge is 2.35. The quantitative estimate of drug-likeness (QED) is 0.672. The number of carbonyl (C=O) groups excluding carboxylic acids is 1. The average Bonchev–Trinajstić information content (AvgIpc) is 2.66. The molecule has 0 saturated carbocycles. The monoisotopic (exact) mass is 230 g/mol. The van der Waals surface area contributed by atoms with Crippen LogP contribution in [0.2, 0.25) is 0 Å². The number of aliphatic hydroxyl groups excluding tert-OH is 1. The lowest BCUT2D eigenvalue weighted by Crippen LogP contribution is -2.48. The molecule has 5 nitrogen and oxygen atoms in total. The maximum absolute atomic E-state index is 12.0. The van der Waals surface area contributed by atoms with Gasteiger partial charge in [0.1, 0.15) is 0 Å². The third-order valence-corrected chi connectivity index (χ3v) is 3.30. The van der Waals surface area contributed by atoms with Gasteiger partial charge in [0.15, 0.2) is 0 Å². The van der Waals surface area contributed by atoms with Crippen LogP contribution in [0.1, 0.15) is 19.8 Å². The predicted octanol–water partition coefficient (Wildman–Crippen LogP) is -0.420. The molecular formula is C11H22N2O3. The third kappa shape index (κ3) is 2.93. The van der Waals surface area contributed by atoms with Crippen molar-refractivity contribution in [1.82, 2.24) is 4.90 Å². The summed E-state index contributed by atoms with van der Waals surface area (Å²) in [6.07, 6.45) is 1.46. The van der Waals surface area contributed by atoms with E-state index in [2.05, 4.69) is 6.92 Å². The molecule has 1 rings (SSSR count). The summed E-state index contributed by atoms with van der Waals surface area (Å²) in [5.74, 6) is 0.282. The molecule has 94 valence electrons. The number of carbonyl (C=O) groups is 1. The van der Waals surface area contributed by atoms with Crippen LogP contribution in [0.5, 0.6) is 0 Å². The molecule has 16 heavy (non-hydrogen) atoms. The van der Waals surface area contributed by atoms with Crippen molar-refractivity contribution in [2.24, 2.45) is 11.7 Å². The summed E-state index contributed by atoms with van der Waals surface area (Å²) in [6, 6.07) is -0.583. The van der Waals surface area contributed by atoms with E-state index in [1.165, 1.54) is 0 Å². The van der Waals surface area contributed by atoms with E-state index >= 15 is 0 Å². The molecule has 1 saturated heterocycles. The van der Waals surface area contributed by atoms with Gasteiger partial charge in [-0.2, -0.15) is 0 Å². The zero-order valence-electron chi connectivity index (χ0n) is 10.1. The van der Waals surface area contributed by atoms with Crippen molar-refractivity contribution < 1.29 is 14.6 Å². The number of hydrogen-bond donors (Lipinski definition) is 2. The lowest BCUT2D eigenvalue weighted by atomic mass is 10.0. The van der Waals surface area contributed by atoms with Gasteiger partial charge in [0.2, 0.25) is 5.91 Å². The standard InChI is InChI=1S/C11H22N2O3/c1-8-3-5-13(10(8)7-14)11(15)9(12)4-6-16-2/h8-10,14H,3-7,12H2,1-2H3. The average molecular weight is 230 g/mol. The van der Waals surface area contributed by atoms with E-state index in [0.29, 0.717) is 25.5 Å². The maximum atomic E-state index is 12.0. The van der Waals surface area contributed by atoms with Crippen molar-refractivity contribution in [2.45, 2.75) is 31.8 Å². The fourth-order valence-corrected chi connectivity index (χ4v) is 2.14. The number of nitrogens with two attached hydrogens (primary N) is 1. The molecule has 3 N–H and O–H groups in total. The molecule has 1 aliphatic rings. The molecule has 3 unspecified atom stereocenters. The van der Waals surface area contributed by atoms with Crippen molar-refractivity contribution in [3.05, 3.63) is 0 Å². The van der Waals surface area contributed by atoms with Gasteiger partial charge in [0.05, 0.1) is 18.7 Å². The Labute approximate surface area is 96.6 Å². The molecule has 1 amide bonds. The minimum Gasteiger partial charge on any atom is -0.394 e. The second-order valence-electron chi connectivity index (χ2n) is 4.44. The van der Waals surface area contributed by atoms with Crippen LogP contribution < -0.4 is 5.73 Å².